The number of piperidine rings is 1. The van der Waals surface area contributed by atoms with Gasteiger partial charge < -0.3 is 15.5 Å². The van der Waals surface area contributed by atoms with Gasteiger partial charge in [-0.05, 0) is 61.0 Å². The van der Waals surface area contributed by atoms with Crippen molar-refractivity contribution in [1.82, 2.24) is 30.7 Å². The Balaban J connectivity index is 1.51. The third kappa shape index (κ3) is 9.51. The van der Waals surface area contributed by atoms with E-state index in [0.29, 0.717) is 45.3 Å². The molecular weight excluding hydrogens is 620 g/mol. The van der Waals surface area contributed by atoms with Crippen LogP contribution < -0.4 is 21.5 Å². The van der Waals surface area contributed by atoms with Crippen LogP contribution in [-0.2, 0) is 29.2 Å². The molecule has 1 saturated heterocycles. The average Bonchev–Trinajstić information content (AvgIpc) is 3.69. The van der Waals surface area contributed by atoms with Crippen molar-refractivity contribution in [2.24, 2.45) is 11.3 Å². The number of rotatable bonds is 16. The zero-order valence-electron chi connectivity index (χ0n) is 28.7. The molecule has 0 radical (unpaired) electrons. The molecule has 1 saturated carbocycles. The molecular formula is C34H56N6O6S. The number of hydrogen-bond donors (Lipinski definition) is 4. The minimum absolute atomic E-state index is 0.0474. The van der Waals surface area contributed by atoms with E-state index in [9.17, 15) is 27.6 Å². The number of ketones is 1. The van der Waals surface area contributed by atoms with E-state index < -0.39 is 45.7 Å². The molecule has 2 fully saturated rings. The van der Waals surface area contributed by atoms with Gasteiger partial charge in [-0.1, -0.05) is 65.9 Å². The Morgan fingerprint density at radius 3 is 2.40 bits per heavy atom. The van der Waals surface area contributed by atoms with Crippen LogP contribution >= 0.6 is 0 Å². The molecule has 4 aliphatic rings. The van der Waals surface area contributed by atoms with Crippen LogP contribution in [0.25, 0.3) is 0 Å². The number of sulfonamides is 1. The van der Waals surface area contributed by atoms with E-state index in [0.717, 1.165) is 56.1 Å². The van der Waals surface area contributed by atoms with Gasteiger partial charge in [0.15, 0.2) is 0 Å². The summed E-state index contributed by atoms with van der Waals surface area (Å²) in [6.07, 6.45) is 10.3. The van der Waals surface area contributed by atoms with Crippen LogP contribution in [0, 0.1) is 11.3 Å². The number of hydrogen-bond acceptors (Lipinski definition) is 8. The standard InChI is InChI=1S/C34H56N6O6S/c1-6-8-16-26(30(41)32(43)35-17-7-2)36-31(42)29-25-20-24(25)21-40(29)33(44)28(23-14-10-9-11-15-23)38-37-27(34(3,4)5)22-39-18-12-13-19-47(39,45)46/h7,23,26-29,37-38H,2,6,8-22H2,1,3-5H3,(H,35,43)(H,36,42)/t26?,27-,28+,29+/m1/s1. The van der Waals surface area contributed by atoms with E-state index in [-0.39, 0.29) is 35.6 Å². The molecule has 0 bridgehead atoms. The number of unbranched alkanes of at least 4 members (excludes halogenated alkanes) is 1. The second-order valence-electron chi connectivity index (χ2n) is 14.7. The minimum Gasteiger partial charge on any atom is -0.346 e. The first-order chi connectivity index (χ1) is 22.3. The molecule has 12 nitrogen and oxygen atoms in total. The van der Waals surface area contributed by atoms with Crippen LogP contribution in [0.1, 0.15) is 98.3 Å². The highest BCUT2D eigenvalue weighted by atomic mass is 32.2. The lowest BCUT2D eigenvalue weighted by Crippen LogP contribution is -2.63. The van der Waals surface area contributed by atoms with Gasteiger partial charge >= 0.3 is 0 Å². The number of nitrogens with zero attached hydrogens (tertiary/aromatic N) is 2. The molecule has 0 aromatic carbocycles. The zero-order valence-corrected chi connectivity index (χ0v) is 29.6. The van der Waals surface area contributed by atoms with E-state index in [1.807, 2.05) is 6.92 Å². The Bertz CT molecular complexity index is 1320. The average molecular weight is 677 g/mol. The summed E-state index contributed by atoms with van der Waals surface area (Å²) >= 11 is 0. The third-order valence-electron chi connectivity index (χ3n) is 10.1. The Hall–Kier alpha value is -2.61. The SMILES string of the molecule is C=CCNC(=O)C(=O)C(CCCC)NC(=O)[C@@H]1C2=C(C2)CN1C(=O)[C@@H](NN[C@H](CN1CCCCS1(=O)=O)C(C)(C)C)C1CCCCC1. The second-order valence-corrected chi connectivity index (χ2v) is 16.8. The maximum atomic E-state index is 14.5. The Labute approximate surface area is 280 Å². The van der Waals surface area contributed by atoms with Crippen LogP contribution in [0.15, 0.2) is 23.8 Å². The first-order valence-corrected chi connectivity index (χ1v) is 19.1. The summed E-state index contributed by atoms with van der Waals surface area (Å²) in [6.45, 7) is 13.0. The maximum Gasteiger partial charge on any atom is 0.289 e. The number of hydrazine groups is 1. The molecule has 0 aromatic rings. The van der Waals surface area contributed by atoms with Gasteiger partial charge in [-0.25, -0.2) is 18.1 Å². The van der Waals surface area contributed by atoms with Gasteiger partial charge in [0.05, 0.1) is 11.8 Å². The van der Waals surface area contributed by atoms with Gasteiger partial charge in [0, 0.05) is 32.2 Å². The number of carbonyl (C=O) groups is 4. The van der Waals surface area contributed by atoms with Crippen molar-refractivity contribution in [3.05, 3.63) is 23.8 Å². The molecule has 47 heavy (non-hydrogen) atoms. The van der Waals surface area contributed by atoms with Gasteiger partial charge in [0.25, 0.3) is 5.91 Å². The predicted octanol–water partition coefficient (Wildman–Crippen LogP) is 2.33. The van der Waals surface area contributed by atoms with Crippen LogP contribution in [0.4, 0.5) is 0 Å². The number of nitrogens with one attached hydrogen (secondary N) is 4. The topological polar surface area (TPSA) is 157 Å². The van der Waals surface area contributed by atoms with Gasteiger partial charge in [-0.3, -0.25) is 24.6 Å². The lowest BCUT2D eigenvalue weighted by atomic mass is 9.83. The Kier molecular flexibility index (Phi) is 12.8. The highest BCUT2D eigenvalue weighted by Crippen LogP contribution is 2.44. The summed E-state index contributed by atoms with van der Waals surface area (Å²) in [4.78, 5) is 55.5. The van der Waals surface area contributed by atoms with Crippen molar-refractivity contribution >= 4 is 33.5 Å². The number of likely N-dealkylation sites (tertiary alicyclic amines) is 1. The molecule has 1 unspecified atom stereocenters. The molecule has 4 rings (SSSR count). The van der Waals surface area contributed by atoms with Gasteiger partial charge in [-0.2, -0.15) is 0 Å². The summed E-state index contributed by atoms with van der Waals surface area (Å²) in [5.41, 5.74) is 8.43. The van der Waals surface area contributed by atoms with Crippen molar-refractivity contribution in [3.8, 4) is 0 Å². The third-order valence-corrected chi connectivity index (χ3v) is 12.0. The fourth-order valence-corrected chi connectivity index (χ4v) is 8.57. The van der Waals surface area contributed by atoms with Crippen molar-refractivity contribution in [2.45, 2.75) is 122 Å². The van der Waals surface area contributed by atoms with Crippen molar-refractivity contribution < 1.29 is 27.6 Å². The quantitative estimate of drug-likeness (QED) is 0.110. The highest BCUT2D eigenvalue weighted by Gasteiger charge is 2.50. The molecule has 2 heterocycles. The maximum absolute atomic E-state index is 14.5. The molecule has 4 atom stereocenters. The summed E-state index contributed by atoms with van der Waals surface area (Å²) in [5.74, 6) is -1.90. The van der Waals surface area contributed by atoms with E-state index in [2.05, 4.69) is 48.8 Å². The second kappa shape index (κ2) is 16.2. The van der Waals surface area contributed by atoms with Crippen molar-refractivity contribution in [1.29, 1.82) is 0 Å². The summed E-state index contributed by atoms with van der Waals surface area (Å²) in [7, 11) is -3.33. The minimum atomic E-state index is -3.33. The van der Waals surface area contributed by atoms with E-state index in [4.69, 9.17) is 0 Å². The number of Topliss-reactive ketones (excluding diaryl/α,β-unsaturated/α-hetero) is 1. The Morgan fingerprint density at radius 1 is 1.04 bits per heavy atom. The van der Waals surface area contributed by atoms with Crippen molar-refractivity contribution in [2.75, 3.05) is 31.9 Å². The van der Waals surface area contributed by atoms with Crippen LogP contribution in [0.5, 0.6) is 0 Å². The Morgan fingerprint density at radius 2 is 1.77 bits per heavy atom. The van der Waals surface area contributed by atoms with Gasteiger partial charge in [0.1, 0.15) is 12.1 Å². The molecule has 2 aliphatic carbocycles. The first-order valence-electron chi connectivity index (χ1n) is 17.5. The zero-order chi connectivity index (χ0) is 34.4. The largest absolute Gasteiger partial charge is 0.346 e. The molecule has 0 aromatic heterocycles. The monoisotopic (exact) mass is 676 g/mol. The smallest absolute Gasteiger partial charge is 0.289 e. The van der Waals surface area contributed by atoms with E-state index in [1.54, 1.807) is 9.21 Å². The van der Waals surface area contributed by atoms with E-state index >= 15 is 0 Å². The van der Waals surface area contributed by atoms with Crippen LogP contribution in [-0.4, -0.2) is 97.2 Å². The van der Waals surface area contributed by atoms with Gasteiger partial charge in [0.2, 0.25) is 27.6 Å². The van der Waals surface area contributed by atoms with Crippen molar-refractivity contribution in [3.63, 3.8) is 0 Å². The van der Waals surface area contributed by atoms with Gasteiger partial charge in [-0.15, -0.1) is 6.58 Å². The molecule has 264 valence electrons. The highest BCUT2D eigenvalue weighted by molar-refractivity contribution is 7.89. The molecule has 3 amide bonds. The summed E-state index contributed by atoms with van der Waals surface area (Å²) < 4.78 is 27.2. The lowest BCUT2D eigenvalue weighted by Gasteiger charge is -2.40. The summed E-state index contributed by atoms with van der Waals surface area (Å²) in [5, 5.41) is 5.34. The van der Waals surface area contributed by atoms with Crippen LogP contribution in [0.2, 0.25) is 0 Å². The van der Waals surface area contributed by atoms with E-state index in [1.165, 1.54) is 6.08 Å². The normalized spacial score (nSPS) is 23.4. The molecule has 13 heteroatoms. The fourth-order valence-electron chi connectivity index (χ4n) is 6.96. The number of carbonyl (C=O) groups excluding carboxylic acids is 4. The predicted molar refractivity (Wildman–Crippen MR) is 181 cm³/mol. The van der Waals surface area contributed by atoms with Crippen LogP contribution in [0.3, 0.4) is 0 Å². The molecule has 0 spiro atoms. The summed E-state index contributed by atoms with van der Waals surface area (Å²) in [6, 6.07) is -2.70. The fraction of sp³-hybridized carbons (Fsp3) is 0.765. The molecule has 2 aliphatic heterocycles. The molecule has 4 N–H and O–H groups in total. The number of amides is 3. The lowest BCUT2D eigenvalue weighted by molar-refractivity contribution is -0.143. The first kappa shape index (κ1) is 37.2.